The lowest BCUT2D eigenvalue weighted by atomic mass is 10.1. The molecule has 0 saturated carbocycles. The Morgan fingerprint density at radius 2 is 2.14 bits per heavy atom. The molecule has 1 aliphatic heterocycles. The Hall–Kier alpha value is -2.56. The van der Waals surface area contributed by atoms with Gasteiger partial charge in [-0.3, -0.25) is 4.79 Å². The Kier molecular flexibility index (Phi) is 5.64. The van der Waals surface area contributed by atoms with Crippen molar-refractivity contribution >= 4 is 27.5 Å². The minimum absolute atomic E-state index is 0.0572. The van der Waals surface area contributed by atoms with Crippen molar-refractivity contribution < 1.29 is 22.7 Å². The molecule has 2 aromatic heterocycles. The normalized spacial score (nSPS) is 18.5. The Bertz CT molecular complexity index is 1000. The van der Waals surface area contributed by atoms with Crippen molar-refractivity contribution in [3.8, 4) is 0 Å². The van der Waals surface area contributed by atoms with Gasteiger partial charge in [0.25, 0.3) is 17.5 Å². The standard InChI is InChI=1S/C17H23N5O5S/c1-11(2)8-21(13-5-7-28(25,26)10-13)14(23)9-27-16(24)15-19-17-18-6-4-12(3)22(17)20-15/h4,6,11,13H,5,7-10H2,1-3H3/t13-/m1/s1. The van der Waals surface area contributed by atoms with Crippen LogP contribution in [-0.4, -0.2) is 75.5 Å². The van der Waals surface area contributed by atoms with Crippen molar-refractivity contribution in [1.82, 2.24) is 24.5 Å². The SMILES string of the molecule is Cc1ccnc2nc(C(=O)OCC(=O)N(CC(C)C)[C@@H]3CCS(=O)(=O)C3)nn12. The summed E-state index contributed by atoms with van der Waals surface area (Å²) in [6.07, 6.45) is 1.95. The van der Waals surface area contributed by atoms with Crippen molar-refractivity contribution in [2.24, 2.45) is 5.92 Å². The van der Waals surface area contributed by atoms with Crippen LogP contribution in [0.25, 0.3) is 5.78 Å². The zero-order valence-electron chi connectivity index (χ0n) is 16.0. The molecule has 0 radical (unpaired) electrons. The molecule has 1 fully saturated rings. The van der Waals surface area contributed by atoms with Crippen LogP contribution >= 0.6 is 0 Å². The maximum absolute atomic E-state index is 12.6. The fourth-order valence-corrected chi connectivity index (χ4v) is 4.87. The maximum Gasteiger partial charge on any atom is 0.378 e. The lowest BCUT2D eigenvalue weighted by molar-refractivity contribution is -0.137. The summed E-state index contributed by atoms with van der Waals surface area (Å²) in [6, 6.07) is 1.33. The molecule has 3 rings (SSSR count). The van der Waals surface area contributed by atoms with Crippen LogP contribution in [0.3, 0.4) is 0 Å². The van der Waals surface area contributed by atoms with Gasteiger partial charge in [-0.2, -0.15) is 4.98 Å². The summed E-state index contributed by atoms with van der Waals surface area (Å²) in [6.45, 7) is 5.56. The molecule has 0 unspecified atom stereocenters. The second-order valence-electron chi connectivity index (χ2n) is 7.31. The van der Waals surface area contributed by atoms with Crippen LogP contribution in [0, 0.1) is 12.8 Å². The summed E-state index contributed by atoms with van der Waals surface area (Å²) in [7, 11) is -3.13. The second-order valence-corrected chi connectivity index (χ2v) is 9.54. The van der Waals surface area contributed by atoms with Crippen molar-refractivity contribution in [3.63, 3.8) is 0 Å². The molecule has 0 N–H and O–H groups in total. The minimum Gasteiger partial charge on any atom is -0.450 e. The van der Waals surface area contributed by atoms with Crippen LogP contribution in [-0.2, 0) is 19.4 Å². The van der Waals surface area contributed by atoms with E-state index in [0.717, 1.165) is 5.69 Å². The van der Waals surface area contributed by atoms with Crippen molar-refractivity contribution in [3.05, 3.63) is 23.8 Å². The molecule has 3 heterocycles. The summed E-state index contributed by atoms with van der Waals surface area (Å²) in [5.41, 5.74) is 0.748. The smallest absolute Gasteiger partial charge is 0.378 e. The van der Waals surface area contributed by atoms with Gasteiger partial charge in [0, 0.05) is 24.5 Å². The first-order valence-corrected chi connectivity index (χ1v) is 10.8. The van der Waals surface area contributed by atoms with Gasteiger partial charge in [-0.05, 0) is 25.3 Å². The van der Waals surface area contributed by atoms with Gasteiger partial charge >= 0.3 is 5.97 Å². The van der Waals surface area contributed by atoms with Crippen LogP contribution in [0.5, 0.6) is 0 Å². The number of ether oxygens (including phenoxy) is 1. The Morgan fingerprint density at radius 3 is 2.75 bits per heavy atom. The Labute approximate surface area is 162 Å². The van der Waals surface area contributed by atoms with Crippen LogP contribution in [0.4, 0.5) is 0 Å². The third kappa shape index (κ3) is 4.46. The summed E-state index contributed by atoms with van der Waals surface area (Å²) in [4.78, 5) is 34.4. The zero-order valence-corrected chi connectivity index (χ0v) is 16.8. The highest BCUT2D eigenvalue weighted by Crippen LogP contribution is 2.19. The topological polar surface area (TPSA) is 124 Å². The van der Waals surface area contributed by atoms with Crippen LogP contribution in [0.2, 0.25) is 0 Å². The van der Waals surface area contributed by atoms with E-state index >= 15 is 0 Å². The van der Waals surface area contributed by atoms with Crippen LogP contribution in [0.1, 0.15) is 36.6 Å². The number of rotatable bonds is 6. The molecule has 2 aromatic rings. The summed E-state index contributed by atoms with van der Waals surface area (Å²) >= 11 is 0. The number of aromatic nitrogens is 4. The van der Waals surface area contributed by atoms with Crippen molar-refractivity contribution in [2.45, 2.75) is 33.2 Å². The molecule has 1 amide bonds. The first kappa shape index (κ1) is 20.2. The molecule has 0 spiro atoms. The third-order valence-electron chi connectivity index (χ3n) is 4.47. The minimum atomic E-state index is -3.13. The van der Waals surface area contributed by atoms with Gasteiger partial charge in [-0.1, -0.05) is 13.8 Å². The fourth-order valence-electron chi connectivity index (χ4n) is 3.14. The molecule has 152 valence electrons. The van der Waals surface area contributed by atoms with E-state index in [0.29, 0.717) is 13.0 Å². The molecule has 11 heteroatoms. The van der Waals surface area contributed by atoms with Gasteiger partial charge in [0.15, 0.2) is 16.4 Å². The largest absolute Gasteiger partial charge is 0.450 e. The van der Waals surface area contributed by atoms with E-state index in [4.69, 9.17) is 4.74 Å². The first-order valence-electron chi connectivity index (χ1n) is 9.01. The van der Waals surface area contributed by atoms with E-state index in [1.54, 1.807) is 19.2 Å². The average Bonchev–Trinajstić information content (AvgIpc) is 3.21. The van der Waals surface area contributed by atoms with E-state index in [2.05, 4.69) is 15.1 Å². The van der Waals surface area contributed by atoms with E-state index < -0.39 is 34.4 Å². The lowest BCUT2D eigenvalue weighted by Crippen LogP contribution is -2.45. The monoisotopic (exact) mass is 409 g/mol. The number of hydrogen-bond donors (Lipinski definition) is 0. The number of amides is 1. The molecular weight excluding hydrogens is 386 g/mol. The predicted molar refractivity (Wildman–Crippen MR) is 99.4 cm³/mol. The third-order valence-corrected chi connectivity index (χ3v) is 6.22. The Balaban J connectivity index is 1.67. The molecule has 1 aliphatic rings. The fraction of sp³-hybridized carbons (Fsp3) is 0.588. The molecule has 0 bridgehead atoms. The Morgan fingerprint density at radius 1 is 1.39 bits per heavy atom. The summed E-state index contributed by atoms with van der Waals surface area (Å²) < 4.78 is 30.0. The van der Waals surface area contributed by atoms with Gasteiger partial charge in [-0.15, -0.1) is 5.10 Å². The van der Waals surface area contributed by atoms with Crippen molar-refractivity contribution in [2.75, 3.05) is 24.7 Å². The number of aryl methyl sites for hydroxylation is 1. The molecule has 28 heavy (non-hydrogen) atoms. The highest BCUT2D eigenvalue weighted by atomic mass is 32.2. The number of esters is 1. The lowest BCUT2D eigenvalue weighted by Gasteiger charge is -2.29. The number of sulfone groups is 1. The van der Waals surface area contributed by atoms with Gasteiger partial charge in [-0.25, -0.2) is 22.7 Å². The maximum atomic E-state index is 12.6. The average molecular weight is 409 g/mol. The van der Waals surface area contributed by atoms with E-state index in [9.17, 15) is 18.0 Å². The number of carbonyl (C=O) groups is 2. The van der Waals surface area contributed by atoms with E-state index in [1.165, 1.54) is 9.42 Å². The molecular formula is C17H23N5O5S. The molecule has 10 nitrogen and oxygen atoms in total. The molecule has 1 atom stereocenters. The number of nitrogens with zero attached hydrogens (tertiary/aromatic N) is 5. The van der Waals surface area contributed by atoms with Crippen LogP contribution in [0.15, 0.2) is 12.3 Å². The molecule has 1 saturated heterocycles. The quantitative estimate of drug-likeness (QED) is 0.623. The van der Waals surface area contributed by atoms with Gasteiger partial charge < -0.3 is 9.64 Å². The first-order chi connectivity index (χ1) is 13.2. The zero-order chi connectivity index (χ0) is 20.5. The van der Waals surface area contributed by atoms with E-state index in [-0.39, 0.29) is 29.0 Å². The van der Waals surface area contributed by atoms with Gasteiger partial charge in [0.05, 0.1) is 11.5 Å². The highest BCUT2D eigenvalue weighted by molar-refractivity contribution is 7.91. The molecule has 0 aliphatic carbocycles. The van der Waals surface area contributed by atoms with E-state index in [1.807, 2.05) is 13.8 Å². The predicted octanol–water partition coefficient (Wildman–Crippen LogP) is 0.261. The van der Waals surface area contributed by atoms with Crippen molar-refractivity contribution in [1.29, 1.82) is 0 Å². The van der Waals surface area contributed by atoms with Gasteiger partial charge in [0.2, 0.25) is 0 Å². The molecule has 0 aromatic carbocycles. The number of fused-ring (bicyclic) bond motifs is 1. The number of carbonyl (C=O) groups excluding carboxylic acids is 2. The summed E-state index contributed by atoms with van der Waals surface area (Å²) in [5.74, 6) is -1.03. The summed E-state index contributed by atoms with van der Waals surface area (Å²) in [5, 5.41) is 4.04. The highest BCUT2D eigenvalue weighted by Gasteiger charge is 2.35. The van der Waals surface area contributed by atoms with Crippen LogP contribution < -0.4 is 0 Å². The second kappa shape index (κ2) is 7.82. The number of hydrogen-bond acceptors (Lipinski definition) is 8. The van der Waals surface area contributed by atoms with Gasteiger partial charge in [0.1, 0.15) is 0 Å².